The maximum absolute atomic E-state index is 9.67. The van der Waals surface area contributed by atoms with Gasteiger partial charge in [-0.2, -0.15) is 0 Å². The lowest BCUT2D eigenvalue weighted by Crippen LogP contribution is -2.51. The number of aliphatic hydroxyl groups is 1. The summed E-state index contributed by atoms with van der Waals surface area (Å²) in [6, 6.07) is 0.412. The molecule has 1 heterocycles. The van der Waals surface area contributed by atoms with Crippen LogP contribution in [0.25, 0.3) is 0 Å². The van der Waals surface area contributed by atoms with Crippen LogP contribution in [-0.4, -0.2) is 35.1 Å². The van der Waals surface area contributed by atoms with E-state index in [0.717, 1.165) is 12.8 Å². The second kappa shape index (κ2) is 3.32. The van der Waals surface area contributed by atoms with Crippen molar-refractivity contribution in [2.24, 2.45) is 0 Å². The smallest absolute Gasteiger partial charge is 0.117 e. The minimum Gasteiger partial charge on any atom is -0.378 e. The molecule has 1 rings (SSSR count). The van der Waals surface area contributed by atoms with Gasteiger partial charge in [0.1, 0.15) is 12.0 Å². The lowest BCUT2D eigenvalue weighted by Gasteiger charge is -2.39. The third-order valence-corrected chi connectivity index (χ3v) is 2.76. The Hall–Kier alpha value is -0.120. The van der Waals surface area contributed by atoms with Gasteiger partial charge in [0.2, 0.25) is 0 Å². The van der Waals surface area contributed by atoms with Gasteiger partial charge >= 0.3 is 0 Å². The van der Waals surface area contributed by atoms with E-state index in [0.29, 0.717) is 6.04 Å². The van der Waals surface area contributed by atoms with Crippen molar-refractivity contribution in [1.82, 2.24) is 4.90 Å². The Balaban J connectivity index is 2.71. The van der Waals surface area contributed by atoms with Gasteiger partial charge in [0.25, 0.3) is 0 Å². The maximum atomic E-state index is 9.67. The molecule has 0 radical (unpaired) electrons. The van der Waals surface area contributed by atoms with Crippen molar-refractivity contribution in [1.29, 1.82) is 0 Å². The average Bonchev–Trinajstić information content (AvgIpc) is 2.31. The Morgan fingerprint density at radius 1 is 1.42 bits per heavy atom. The van der Waals surface area contributed by atoms with Gasteiger partial charge in [-0.05, 0) is 33.6 Å². The highest BCUT2D eigenvalue weighted by atomic mass is 16.5. The molecule has 0 spiro atoms. The Kier molecular flexibility index (Phi) is 2.76. The molecule has 12 heavy (non-hydrogen) atoms. The monoisotopic (exact) mass is 173 g/mol. The largest absolute Gasteiger partial charge is 0.378 e. The topological polar surface area (TPSA) is 32.7 Å². The third kappa shape index (κ3) is 1.63. The van der Waals surface area contributed by atoms with Gasteiger partial charge in [0.05, 0.1) is 0 Å². The molecule has 0 aliphatic carbocycles. The highest BCUT2D eigenvalue weighted by molar-refractivity contribution is 4.85. The van der Waals surface area contributed by atoms with Crippen molar-refractivity contribution >= 4 is 0 Å². The highest BCUT2D eigenvalue weighted by Crippen LogP contribution is 2.30. The minimum absolute atomic E-state index is 0.338. The van der Waals surface area contributed by atoms with Crippen LogP contribution in [0.3, 0.4) is 0 Å². The molecule has 0 amide bonds. The van der Waals surface area contributed by atoms with Gasteiger partial charge in [-0.1, -0.05) is 0 Å². The van der Waals surface area contributed by atoms with E-state index in [-0.39, 0.29) is 12.0 Å². The Bertz CT molecular complexity index is 149. The fourth-order valence-corrected chi connectivity index (χ4v) is 1.96. The van der Waals surface area contributed by atoms with Crippen molar-refractivity contribution in [3.05, 3.63) is 0 Å². The normalized spacial score (nSPS) is 32.8. The number of hydrogen-bond donors (Lipinski definition) is 1. The summed E-state index contributed by atoms with van der Waals surface area (Å²) in [5.41, 5.74) is -0.352. The molecule has 1 saturated heterocycles. The molecule has 1 aliphatic rings. The second-order valence-electron chi connectivity index (χ2n) is 3.97. The van der Waals surface area contributed by atoms with Crippen LogP contribution in [0.1, 0.15) is 33.6 Å². The molecular weight excluding hydrogens is 154 g/mol. The summed E-state index contributed by atoms with van der Waals surface area (Å²) in [5, 5.41) is 9.67. The van der Waals surface area contributed by atoms with Crippen molar-refractivity contribution in [2.75, 3.05) is 7.11 Å². The number of hydrogen-bond acceptors (Lipinski definition) is 3. The van der Waals surface area contributed by atoms with E-state index in [1.807, 2.05) is 18.7 Å². The fraction of sp³-hybridized carbons (Fsp3) is 1.00. The Morgan fingerprint density at radius 3 is 2.33 bits per heavy atom. The maximum Gasteiger partial charge on any atom is 0.117 e. The molecule has 0 aromatic rings. The molecule has 3 nitrogen and oxygen atoms in total. The van der Waals surface area contributed by atoms with Gasteiger partial charge in [0, 0.05) is 13.2 Å². The van der Waals surface area contributed by atoms with Crippen molar-refractivity contribution in [2.45, 2.75) is 51.6 Å². The first-order chi connectivity index (χ1) is 5.49. The first-order valence-corrected chi connectivity index (χ1v) is 4.50. The summed E-state index contributed by atoms with van der Waals surface area (Å²) in [6.45, 7) is 6.09. The van der Waals surface area contributed by atoms with Gasteiger partial charge in [0.15, 0.2) is 0 Å². The third-order valence-electron chi connectivity index (χ3n) is 2.76. The molecule has 72 valence electrons. The number of ether oxygens (including phenoxy) is 1. The Morgan fingerprint density at radius 2 is 2.00 bits per heavy atom. The zero-order valence-corrected chi connectivity index (χ0v) is 8.37. The molecule has 2 atom stereocenters. The van der Waals surface area contributed by atoms with Gasteiger partial charge < -0.3 is 9.84 Å². The molecule has 0 aromatic heterocycles. The molecule has 0 bridgehead atoms. The molecule has 3 heteroatoms. The minimum atomic E-state index is -0.352. The first-order valence-electron chi connectivity index (χ1n) is 4.50. The van der Waals surface area contributed by atoms with E-state index in [4.69, 9.17) is 4.74 Å². The fourth-order valence-electron chi connectivity index (χ4n) is 1.96. The summed E-state index contributed by atoms with van der Waals surface area (Å²) < 4.78 is 5.33. The molecule has 1 N–H and O–H groups in total. The van der Waals surface area contributed by atoms with Crippen molar-refractivity contribution < 1.29 is 9.84 Å². The molecule has 2 unspecified atom stereocenters. The molecule has 1 aliphatic heterocycles. The van der Waals surface area contributed by atoms with Crippen LogP contribution in [-0.2, 0) is 4.74 Å². The molecule has 0 aromatic carbocycles. The van der Waals surface area contributed by atoms with Gasteiger partial charge in [-0.15, -0.1) is 0 Å². The van der Waals surface area contributed by atoms with E-state index in [9.17, 15) is 5.11 Å². The highest BCUT2D eigenvalue weighted by Gasteiger charge is 2.39. The molecule has 1 fully saturated rings. The van der Waals surface area contributed by atoms with Crippen molar-refractivity contribution in [3.8, 4) is 0 Å². The summed E-state index contributed by atoms with van der Waals surface area (Å²) in [7, 11) is 1.68. The SMILES string of the molecule is COC(C)(C)N1C(C)CCC1O. The van der Waals surface area contributed by atoms with Crippen LogP contribution < -0.4 is 0 Å². The van der Waals surface area contributed by atoms with Crippen molar-refractivity contribution in [3.63, 3.8) is 0 Å². The summed E-state index contributed by atoms with van der Waals surface area (Å²) in [5.74, 6) is 0. The lowest BCUT2D eigenvalue weighted by atomic mass is 10.2. The summed E-state index contributed by atoms with van der Waals surface area (Å²) >= 11 is 0. The predicted molar refractivity (Wildman–Crippen MR) is 47.6 cm³/mol. The van der Waals surface area contributed by atoms with Crippen LogP contribution >= 0.6 is 0 Å². The van der Waals surface area contributed by atoms with Crippen LogP contribution in [0.15, 0.2) is 0 Å². The Labute approximate surface area is 74.3 Å². The zero-order valence-electron chi connectivity index (χ0n) is 8.37. The van der Waals surface area contributed by atoms with E-state index in [2.05, 4.69) is 6.92 Å². The standard InChI is InChI=1S/C9H19NO2/c1-7-5-6-8(11)10(7)9(2,3)12-4/h7-8,11H,5-6H2,1-4H3. The quantitative estimate of drug-likeness (QED) is 0.680. The average molecular weight is 173 g/mol. The van der Waals surface area contributed by atoms with Gasteiger partial charge in [-0.3, -0.25) is 0 Å². The lowest BCUT2D eigenvalue weighted by molar-refractivity contribution is -0.169. The summed E-state index contributed by atoms with van der Waals surface area (Å²) in [4.78, 5) is 2.02. The van der Waals surface area contributed by atoms with Crippen LogP contribution in [0.4, 0.5) is 0 Å². The van der Waals surface area contributed by atoms with Crippen LogP contribution in [0.5, 0.6) is 0 Å². The number of nitrogens with zero attached hydrogens (tertiary/aromatic N) is 1. The van der Waals surface area contributed by atoms with E-state index < -0.39 is 0 Å². The van der Waals surface area contributed by atoms with E-state index in [1.165, 1.54) is 0 Å². The predicted octanol–water partition coefficient (Wildman–Crippen LogP) is 1.17. The van der Waals surface area contributed by atoms with E-state index >= 15 is 0 Å². The summed E-state index contributed by atoms with van der Waals surface area (Å²) in [6.07, 6.45) is 1.57. The molecule has 0 saturated carbocycles. The van der Waals surface area contributed by atoms with Gasteiger partial charge in [-0.25, -0.2) is 4.90 Å². The first kappa shape index (κ1) is 9.96. The van der Waals surface area contributed by atoms with Crippen LogP contribution in [0, 0.1) is 0 Å². The zero-order chi connectivity index (χ0) is 9.35. The number of aliphatic hydroxyl groups excluding tert-OH is 1. The second-order valence-corrected chi connectivity index (χ2v) is 3.97. The number of likely N-dealkylation sites (tertiary alicyclic amines) is 1. The molecular formula is C9H19NO2. The van der Waals surface area contributed by atoms with Crippen LogP contribution in [0.2, 0.25) is 0 Å². The number of methoxy groups -OCH3 is 1. The van der Waals surface area contributed by atoms with E-state index in [1.54, 1.807) is 7.11 Å². The number of rotatable bonds is 2.